The smallest absolute Gasteiger partial charge is 0.217 e. The molecule has 1 amide bonds. The van der Waals surface area contributed by atoms with E-state index in [1.165, 1.54) is 64.2 Å². The van der Waals surface area contributed by atoms with E-state index in [4.69, 9.17) is 5.73 Å². The van der Waals surface area contributed by atoms with Crippen molar-refractivity contribution in [3.05, 3.63) is 0 Å². The molecule has 2 heteroatoms. The van der Waals surface area contributed by atoms with Crippen LogP contribution in [-0.2, 0) is 4.79 Å². The Balaban J connectivity index is 0.00000124. The third-order valence-corrected chi connectivity index (χ3v) is 10.9. The second-order valence-corrected chi connectivity index (χ2v) is 11.8. The minimum absolute atomic E-state index is 0.121. The normalized spacial score (nSPS) is 45.9. The Labute approximate surface area is 187 Å². The fourth-order valence-corrected chi connectivity index (χ4v) is 9.57. The van der Waals surface area contributed by atoms with Crippen LogP contribution >= 0.6 is 0 Å². The van der Waals surface area contributed by atoms with Crippen molar-refractivity contribution in [3.8, 4) is 0 Å². The van der Waals surface area contributed by atoms with Gasteiger partial charge in [-0.3, -0.25) is 4.79 Å². The van der Waals surface area contributed by atoms with Gasteiger partial charge in [0.1, 0.15) is 0 Å². The lowest BCUT2D eigenvalue weighted by Crippen LogP contribution is -2.55. The minimum atomic E-state index is -0.121. The summed E-state index contributed by atoms with van der Waals surface area (Å²) < 4.78 is 0. The Morgan fingerprint density at radius 1 is 0.967 bits per heavy atom. The van der Waals surface area contributed by atoms with Gasteiger partial charge in [-0.15, -0.1) is 0 Å². The van der Waals surface area contributed by atoms with Crippen LogP contribution in [0.4, 0.5) is 0 Å². The first-order valence-corrected chi connectivity index (χ1v) is 13.6. The minimum Gasteiger partial charge on any atom is -0.370 e. The molecule has 0 aliphatic heterocycles. The van der Waals surface area contributed by atoms with Gasteiger partial charge in [0.15, 0.2) is 0 Å². The van der Waals surface area contributed by atoms with Crippen LogP contribution in [0, 0.1) is 52.3 Å². The van der Waals surface area contributed by atoms with Gasteiger partial charge in [0, 0.05) is 6.42 Å². The molecule has 4 saturated carbocycles. The lowest BCUT2D eigenvalue weighted by molar-refractivity contribution is -0.138. The molecule has 0 aromatic heterocycles. The van der Waals surface area contributed by atoms with Gasteiger partial charge in [-0.2, -0.15) is 0 Å². The second-order valence-electron chi connectivity index (χ2n) is 11.8. The Morgan fingerprint density at radius 2 is 1.67 bits per heavy atom. The van der Waals surface area contributed by atoms with Crippen molar-refractivity contribution in [1.82, 2.24) is 0 Å². The monoisotopic (exact) mass is 417 g/mol. The van der Waals surface area contributed by atoms with Crippen molar-refractivity contribution in [2.24, 2.45) is 58.0 Å². The summed E-state index contributed by atoms with van der Waals surface area (Å²) >= 11 is 0. The van der Waals surface area contributed by atoms with E-state index >= 15 is 0 Å². The highest BCUT2D eigenvalue weighted by Crippen LogP contribution is 2.69. The number of rotatable bonds is 5. The zero-order chi connectivity index (χ0) is 22.1. The zero-order valence-corrected chi connectivity index (χ0v) is 21.0. The van der Waals surface area contributed by atoms with Gasteiger partial charge in [-0.1, -0.05) is 60.8 Å². The van der Waals surface area contributed by atoms with E-state index in [-0.39, 0.29) is 5.91 Å². The molecule has 6 unspecified atom stereocenters. The van der Waals surface area contributed by atoms with E-state index in [2.05, 4.69) is 27.7 Å². The molecule has 174 valence electrons. The summed E-state index contributed by atoms with van der Waals surface area (Å²) in [5, 5.41) is 0. The molecule has 4 rings (SSSR count). The lowest BCUT2D eigenvalue weighted by atomic mass is 9.42. The van der Waals surface area contributed by atoms with Crippen LogP contribution in [0.25, 0.3) is 0 Å². The zero-order valence-electron chi connectivity index (χ0n) is 21.0. The molecule has 4 aliphatic carbocycles. The van der Waals surface area contributed by atoms with Gasteiger partial charge >= 0.3 is 0 Å². The summed E-state index contributed by atoms with van der Waals surface area (Å²) in [6, 6.07) is 0. The quantitative estimate of drug-likeness (QED) is 0.491. The van der Waals surface area contributed by atoms with Crippen molar-refractivity contribution in [1.29, 1.82) is 0 Å². The van der Waals surface area contributed by atoms with E-state index in [1.807, 2.05) is 13.8 Å². The number of primary amides is 1. The first-order chi connectivity index (χ1) is 14.3. The van der Waals surface area contributed by atoms with Gasteiger partial charge in [0.05, 0.1) is 0 Å². The molecule has 4 fully saturated rings. The predicted molar refractivity (Wildman–Crippen MR) is 128 cm³/mol. The standard InChI is InChI=1S/C26H45NO.C2H6/c1-5-18-16-19-22-11-10-20(17(2)9-12-24(27)28)26(22,4)15-13-23(19)25(3)14-7-6-8-21(18)25;1-2/h17-23H,5-16H2,1-4H3,(H2,27,28);1-2H3/t17-,18+,19?,20?,21?,22?,23+,25?,26?;/m1./s1. The Bertz CT molecular complexity index is 587. The Kier molecular flexibility index (Phi) is 7.66. The van der Waals surface area contributed by atoms with Crippen LogP contribution in [0.15, 0.2) is 0 Å². The first kappa shape index (κ1) is 24.1. The molecular weight excluding hydrogens is 366 g/mol. The van der Waals surface area contributed by atoms with E-state index in [1.54, 1.807) is 0 Å². The van der Waals surface area contributed by atoms with Crippen LogP contribution < -0.4 is 5.73 Å². The summed E-state index contributed by atoms with van der Waals surface area (Å²) in [7, 11) is 0. The molecule has 2 N–H and O–H groups in total. The van der Waals surface area contributed by atoms with Crippen molar-refractivity contribution in [2.75, 3.05) is 0 Å². The number of carbonyl (C=O) groups is 1. The number of fused-ring (bicyclic) bond motifs is 5. The summed E-state index contributed by atoms with van der Waals surface area (Å²) in [4.78, 5) is 11.3. The number of hydrogen-bond acceptors (Lipinski definition) is 1. The van der Waals surface area contributed by atoms with Crippen molar-refractivity contribution in [2.45, 2.75) is 119 Å². The van der Waals surface area contributed by atoms with Crippen LogP contribution in [0.2, 0.25) is 0 Å². The fourth-order valence-electron chi connectivity index (χ4n) is 9.57. The van der Waals surface area contributed by atoms with Gasteiger partial charge < -0.3 is 5.73 Å². The van der Waals surface area contributed by atoms with Crippen molar-refractivity contribution >= 4 is 5.91 Å². The molecule has 2 nitrogen and oxygen atoms in total. The first-order valence-electron chi connectivity index (χ1n) is 13.6. The van der Waals surface area contributed by atoms with Crippen LogP contribution in [0.3, 0.4) is 0 Å². The molecule has 0 bridgehead atoms. The van der Waals surface area contributed by atoms with Gasteiger partial charge in [0.2, 0.25) is 5.91 Å². The third kappa shape index (κ3) is 3.99. The van der Waals surface area contributed by atoms with E-state index < -0.39 is 0 Å². The predicted octanol–water partition coefficient (Wildman–Crippen LogP) is 7.60. The van der Waals surface area contributed by atoms with E-state index in [9.17, 15) is 4.79 Å². The summed E-state index contributed by atoms with van der Waals surface area (Å²) in [5.41, 5.74) is 6.59. The molecule has 30 heavy (non-hydrogen) atoms. The third-order valence-electron chi connectivity index (χ3n) is 10.9. The topological polar surface area (TPSA) is 43.1 Å². The van der Waals surface area contributed by atoms with Crippen molar-refractivity contribution < 1.29 is 4.79 Å². The highest BCUT2D eigenvalue weighted by molar-refractivity contribution is 5.73. The molecule has 0 aromatic carbocycles. The SMILES string of the molecule is CC.CC[C@H]1CC2C3CCC([C@H](C)CCC(N)=O)C3(C)CC[C@@H]2C2(C)CCCCC12. The largest absolute Gasteiger partial charge is 0.370 e. The molecule has 0 heterocycles. The Hall–Kier alpha value is -0.530. The highest BCUT2D eigenvalue weighted by Gasteiger charge is 2.61. The molecule has 0 radical (unpaired) electrons. The molecule has 0 spiro atoms. The average molecular weight is 418 g/mol. The fraction of sp³-hybridized carbons (Fsp3) is 0.964. The summed E-state index contributed by atoms with van der Waals surface area (Å²) in [6.07, 6.45) is 16.2. The van der Waals surface area contributed by atoms with Gasteiger partial charge in [-0.05, 0) is 104 Å². The van der Waals surface area contributed by atoms with Crippen molar-refractivity contribution in [3.63, 3.8) is 0 Å². The van der Waals surface area contributed by atoms with Crippen LogP contribution in [-0.4, -0.2) is 5.91 Å². The second kappa shape index (κ2) is 9.53. The van der Waals surface area contributed by atoms with Gasteiger partial charge in [0.25, 0.3) is 0 Å². The number of carbonyl (C=O) groups excluding carboxylic acids is 1. The summed E-state index contributed by atoms with van der Waals surface area (Å²) in [5.74, 6) is 6.18. The van der Waals surface area contributed by atoms with Crippen LogP contribution in [0.1, 0.15) is 119 Å². The maximum atomic E-state index is 11.3. The van der Waals surface area contributed by atoms with E-state index in [0.717, 1.165) is 41.9 Å². The number of hydrogen-bond donors (Lipinski definition) is 1. The molecular formula is C28H51NO. The number of amides is 1. The molecule has 0 saturated heterocycles. The maximum absolute atomic E-state index is 11.3. The molecule has 4 aliphatic rings. The van der Waals surface area contributed by atoms with Gasteiger partial charge in [-0.25, -0.2) is 0 Å². The number of nitrogens with two attached hydrogens (primary N) is 1. The molecule has 9 atom stereocenters. The van der Waals surface area contributed by atoms with Crippen LogP contribution in [0.5, 0.6) is 0 Å². The molecule has 0 aromatic rings. The Morgan fingerprint density at radius 3 is 2.33 bits per heavy atom. The average Bonchev–Trinajstić information content (AvgIpc) is 3.10. The highest BCUT2D eigenvalue weighted by atomic mass is 16.1. The maximum Gasteiger partial charge on any atom is 0.217 e. The summed E-state index contributed by atoms with van der Waals surface area (Å²) in [6.45, 7) is 14.2. The lowest BCUT2D eigenvalue weighted by Gasteiger charge is -2.63. The van der Waals surface area contributed by atoms with E-state index in [0.29, 0.717) is 23.2 Å².